The van der Waals surface area contributed by atoms with Gasteiger partial charge in [-0.25, -0.2) is 9.97 Å². The largest absolute Gasteiger partial charge is 0.481 e. The number of benzene rings is 2. The molecule has 2 aromatic heterocycles. The Morgan fingerprint density at radius 3 is 2.15 bits per heavy atom. The Kier molecular flexibility index (Phi) is 10.1. The van der Waals surface area contributed by atoms with E-state index in [9.17, 15) is 25.2 Å². The number of halogens is 1. The third kappa shape index (κ3) is 7.36. The van der Waals surface area contributed by atoms with Crippen LogP contribution in [0.1, 0.15) is 5.56 Å². The van der Waals surface area contributed by atoms with Crippen LogP contribution < -0.4 is 5.32 Å². The zero-order valence-electron chi connectivity index (χ0n) is 21.1. The number of rotatable bonds is 13. The van der Waals surface area contributed by atoms with Crippen molar-refractivity contribution in [2.24, 2.45) is 0 Å². The van der Waals surface area contributed by atoms with Crippen LogP contribution in [0.3, 0.4) is 0 Å². The van der Waals surface area contributed by atoms with Crippen LogP contribution >= 0.6 is 23.4 Å². The van der Waals surface area contributed by atoms with Crippen molar-refractivity contribution in [3.8, 4) is 22.4 Å². The van der Waals surface area contributed by atoms with E-state index in [1.165, 1.54) is 0 Å². The highest BCUT2D eigenvalue weighted by Gasteiger charge is 2.29. The predicted octanol–water partition coefficient (Wildman–Crippen LogP) is 1.65. The van der Waals surface area contributed by atoms with Gasteiger partial charge in [0.05, 0.1) is 34.7 Å². The van der Waals surface area contributed by atoms with Gasteiger partial charge in [0, 0.05) is 18.7 Å². The van der Waals surface area contributed by atoms with Gasteiger partial charge < -0.3 is 40.9 Å². The summed E-state index contributed by atoms with van der Waals surface area (Å²) in [5.74, 6) is -1.05. The van der Waals surface area contributed by atoms with E-state index in [4.69, 9.17) is 21.8 Å². The molecule has 0 fully saturated rings. The molecular formula is C27H29ClN4O7S. The second-order valence-electron chi connectivity index (χ2n) is 9.12. The Bertz CT molecular complexity index is 1440. The highest BCUT2D eigenvalue weighted by molar-refractivity contribution is 7.99. The summed E-state index contributed by atoms with van der Waals surface area (Å²) in [5.41, 5.74) is 5.32. The maximum atomic E-state index is 10.8. The lowest BCUT2D eigenvalue weighted by Gasteiger charge is -2.25. The molecule has 212 valence electrons. The highest BCUT2D eigenvalue weighted by atomic mass is 35.5. The Hall–Kier alpha value is -3.07. The number of fused-ring (bicyclic) bond motifs is 1. The van der Waals surface area contributed by atoms with E-state index >= 15 is 0 Å². The van der Waals surface area contributed by atoms with Crippen LogP contribution in [-0.4, -0.2) is 94.9 Å². The molecule has 0 radical (unpaired) electrons. The molecule has 2 aromatic carbocycles. The fourth-order valence-electron chi connectivity index (χ4n) is 3.98. The molecule has 4 rings (SSSR count). The average Bonchev–Trinajstić information content (AvgIpc) is 3.36. The maximum Gasteiger partial charge on any atom is 0.313 e. The summed E-state index contributed by atoms with van der Waals surface area (Å²) in [6.45, 7) is -0.350. The van der Waals surface area contributed by atoms with Gasteiger partial charge in [-0.1, -0.05) is 71.9 Å². The maximum absolute atomic E-state index is 10.8. The first kappa shape index (κ1) is 29.9. The number of aromatic nitrogens is 3. The number of thioether (sulfide) groups is 1. The minimum atomic E-state index is -1.66. The number of hydrogen-bond donors (Lipinski definition) is 8. The van der Waals surface area contributed by atoms with Gasteiger partial charge >= 0.3 is 5.97 Å². The van der Waals surface area contributed by atoms with Crippen molar-refractivity contribution >= 4 is 40.5 Å². The van der Waals surface area contributed by atoms with E-state index in [1.54, 1.807) is 6.07 Å². The Labute approximate surface area is 238 Å². The number of aromatic amines is 1. The molecule has 4 aromatic rings. The summed E-state index contributed by atoms with van der Waals surface area (Å²) < 4.78 is 0. The minimum Gasteiger partial charge on any atom is -0.481 e. The van der Waals surface area contributed by atoms with Gasteiger partial charge in [0.15, 0.2) is 10.8 Å². The van der Waals surface area contributed by atoms with Crippen LogP contribution in [0.25, 0.3) is 33.5 Å². The smallest absolute Gasteiger partial charge is 0.313 e. The number of carboxylic acid groups (broad SMARTS) is 1. The number of H-pyrrole nitrogens is 1. The van der Waals surface area contributed by atoms with Gasteiger partial charge in [0.2, 0.25) is 0 Å². The van der Waals surface area contributed by atoms with Gasteiger partial charge in [0.1, 0.15) is 18.3 Å². The molecular weight excluding hydrogens is 560 g/mol. The molecule has 0 saturated carbocycles. The van der Waals surface area contributed by atoms with Crippen molar-refractivity contribution < 1.29 is 35.4 Å². The van der Waals surface area contributed by atoms with Crippen molar-refractivity contribution in [2.45, 2.75) is 36.1 Å². The third-order valence-corrected chi connectivity index (χ3v) is 7.34. The predicted molar refractivity (Wildman–Crippen MR) is 151 cm³/mol. The zero-order chi connectivity index (χ0) is 28.8. The number of hydrogen-bond acceptors (Lipinski definition) is 10. The summed E-state index contributed by atoms with van der Waals surface area (Å²) in [4.78, 5) is 22.8. The molecule has 0 aliphatic carbocycles. The van der Waals surface area contributed by atoms with E-state index in [1.807, 2.05) is 48.5 Å². The van der Waals surface area contributed by atoms with E-state index in [0.29, 0.717) is 33.6 Å². The number of aliphatic hydroxyl groups excluding tert-OH is 5. The molecule has 0 aliphatic rings. The number of carboxylic acids is 1. The number of carbonyl (C=O) groups is 1. The number of nitrogens with zero attached hydrogens (tertiary/aromatic N) is 2. The molecule has 0 spiro atoms. The normalized spacial score (nSPS) is 14.7. The SMILES string of the molecule is O=C(O)CSc1nc2nc(-c3ccc(-c4ccc(CNCC(O)C(O)C(O)C(O)CO)cc4)cc3)c(Cl)cc2[nH]1. The second kappa shape index (κ2) is 13.5. The Balaban J connectivity index is 1.37. The molecule has 2 heterocycles. The van der Waals surface area contributed by atoms with Crippen molar-refractivity contribution in [2.75, 3.05) is 18.9 Å². The first-order valence-electron chi connectivity index (χ1n) is 12.3. The molecule has 0 amide bonds. The minimum absolute atomic E-state index is 0.0251. The van der Waals surface area contributed by atoms with E-state index in [0.717, 1.165) is 34.0 Å². The van der Waals surface area contributed by atoms with Gasteiger partial charge in [-0.15, -0.1) is 0 Å². The topological polar surface area (TPSA) is 192 Å². The molecule has 4 unspecified atom stereocenters. The Morgan fingerprint density at radius 1 is 0.925 bits per heavy atom. The first-order chi connectivity index (χ1) is 19.2. The van der Waals surface area contributed by atoms with Crippen molar-refractivity contribution in [1.29, 1.82) is 0 Å². The van der Waals surface area contributed by atoms with Crippen molar-refractivity contribution in [3.05, 3.63) is 65.2 Å². The molecule has 11 nitrogen and oxygen atoms in total. The molecule has 4 atom stereocenters. The quantitative estimate of drug-likeness (QED) is 0.106. The van der Waals surface area contributed by atoms with Crippen LogP contribution in [0.15, 0.2) is 59.8 Å². The van der Waals surface area contributed by atoms with Crippen molar-refractivity contribution in [1.82, 2.24) is 20.3 Å². The Morgan fingerprint density at radius 2 is 1.52 bits per heavy atom. The van der Waals surface area contributed by atoms with Gasteiger partial charge in [0.25, 0.3) is 0 Å². The zero-order valence-corrected chi connectivity index (χ0v) is 22.7. The lowest BCUT2D eigenvalue weighted by atomic mass is 10.0. The summed E-state index contributed by atoms with van der Waals surface area (Å²) in [6.07, 6.45) is -6.13. The second-order valence-corrected chi connectivity index (χ2v) is 10.5. The standard InChI is InChI=1S/C27H29ClN4O7S/c28-18-9-19-26(32-27(30-19)40-13-22(36)37)31-23(18)17-7-5-16(6-8-17)15-3-1-14(2-4-15)10-29-11-20(34)24(38)25(39)21(35)12-33/h1-9,20-21,24-25,29,33-35,38-39H,10-13H2,(H,36,37)(H,30,31,32). The van der Waals surface area contributed by atoms with Crippen LogP contribution in [0.4, 0.5) is 0 Å². The first-order valence-corrected chi connectivity index (χ1v) is 13.7. The molecule has 40 heavy (non-hydrogen) atoms. The third-order valence-electron chi connectivity index (χ3n) is 6.19. The molecule has 0 bridgehead atoms. The molecule has 8 N–H and O–H groups in total. The molecule has 0 saturated heterocycles. The lowest BCUT2D eigenvalue weighted by molar-refractivity contribution is -0.133. The van der Waals surface area contributed by atoms with Crippen LogP contribution in [-0.2, 0) is 11.3 Å². The summed E-state index contributed by atoms with van der Waals surface area (Å²) in [7, 11) is 0. The fourth-order valence-corrected chi connectivity index (χ4v) is 4.83. The number of aliphatic carboxylic acids is 1. The van der Waals surface area contributed by atoms with Gasteiger partial charge in [-0.05, 0) is 22.8 Å². The lowest BCUT2D eigenvalue weighted by Crippen LogP contribution is -2.48. The number of nitrogens with one attached hydrogen (secondary N) is 2. The van der Waals surface area contributed by atoms with Crippen LogP contribution in [0, 0.1) is 0 Å². The molecule has 13 heteroatoms. The van der Waals surface area contributed by atoms with Gasteiger partial charge in [-0.3, -0.25) is 4.79 Å². The van der Waals surface area contributed by atoms with Crippen LogP contribution in [0.2, 0.25) is 5.02 Å². The van der Waals surface area contributed by atoms with E-state index in [2.05, 4.69) is 20.3 Å². The van der Waals surface area contributed by atoms with E-state index < -0.39 is 37.0 Å². The monoisotopic (exact) mass is 588 g/mol. The highest BCUT2D eigenvalue weighted by Crippen LogP contribution is 2.31. The summed E-state index contributed by atoms with van der Waals surface area (Å²) in [6, 6.07) is 17.2. The number of aliphatic hydroxyl groups is 5. The fraction of sp³-hybridized carbons (Fsp3) is 0.296. The van der Waals surface area contributed by atoms with E-state index in [-0.39, 0.29) is 12.3 Å². The van der Waals surface area contributed by atoms with Crippen LogP contribution in [0.5, 0.6) is 0 Å². The summed E-state index contributed by atoms with van der Waals surface area (Å²) >= 11 is 7.55. The molecule has 0 aliphatic heterocycles. The van der Waals surface area contributed by atoms with Crippen molar-refractivity contribution in [3.63, 3.8) is 0 Å². The summed E-state index contributed by atoms with van der Waals surface area (Å²) in [5, 5.41) is 60.6. The van der Waals surface area contributed by atoms with Gasteiger partial charge in [-0.2, -0.15) is 0 Å². The number of imidazole rings is 1. The average molecular weight is 589 g/mol. The number of pyridine rings is 1.